The average Bonchev–Trinajstić information content (AvgIpc) is 2.38. The molecule has 0 saturated carbocycles. The zero-order chi connectivity index (χ0) is 14.4. The number of hydrogen-bond acceptors (Lipinski definition) is 6. The molecule has 104 valence electrons. The fraction of sp³-hybridized carbons (Fsp3) is 0.333. The molecule has 0 fully saturated rings. The molecule has 0 heterocycles. The first-order chi connectivity index (χ1) is 8.99. The number of carbonyl (C=O) groups is 2. The number of aromatic hydroxyl groups is 1. The van der Waals surface area contributed by atoms with Crippen molar-refractivity contribution in [1.82, 2.24) is 0 Å². The number of esters is 1. The molecule has 1 aromatic rings. The van der Waals surface area contributed by atoms with E-state index in [1.165, 1.54) is 6.07 Å². The van der Waals surface area contributed by atoms with E-state index in [1.54, 1.807) is 6.92 Å². The summed E-state index contributed by atoms with van der Waals surface area (Å²) in [6, 6.07) is 2.40. The molecule has 1 aromatic carbocycles. The molecule has 0 amide bonds. The molecule has 0 atom stereocenters. The summed E-state index contributed by atoms with van der Waals surface area (Å²) < 4.78 is 9.76. The number of benzene rings is 1. The van der Waals surface area contributed by atoms with Gasteiger partial charge in [-0.3, -0.25) is 4.79 Å². The molecule has 0 aliphatic heterocycles. The number of Topliss-reactive ketones (excluding diaryl/α,β-unsaturated/α-hetero) is 1. The number of ketones is 1. The van der Waals surface area contributed by atoms with Crippen LogP contribution in [0.15, 0.2) is 12.1 Å². The molecular weight excluding hydrogens is 274 g/mol. The van der Waals surface area contributed by atoms with Crippen LogP contribution in [0.1, 0.15) is 17.3 Å². The lowest BCUT2D eigenvalue weighted by atomic mass is 10.1. The van der Waals surface area contributed by atoms with Gasteiger partial charge in [0, 0.05) is 6.07 Å². The lowest BCUT2D eigenvalue weighted by Gasteiger charge is -2.10. The maximum absolute atomic E-state index is 11.4. The van der Waals surface area contributed by atoms with Crippen LogP contribution in [-0.4, -0.2) is 36.6 Å². The van der Waals surface area contributed by atoms with E-state index in [0.29, 0.717) is 0 Å². The van der Waals surface area contributed by atoms with Crippen LogP contribution in [0, 0.1) is 0 Å². The first kappa shape index (κ1) is 15.3. The number of phenolic OH excluding ortho intramolecular Hbond substituents is 1. The summed E-state index contributed by atoms with van der Waals surface area (Å²) >= 11 is 5.88. The van der Waals surface area contributed by atoms with E-state index in [9.17, 15) is 14.7 Å². The summed E-state index contributed by atoms with van der Waals surface area (Å²) in [6.45, 7) is 1.33. The van der Waals surface area contributed by atoms with Crippen LogP contribution in [0.5, 0.6) is 11.5 Å². The van der Waals surface area contributed by atoms with Crippen LogP contribution in [0.2, 0.25) is 5.02 Å². The summed E-state index contributed by atoms with van der Waals surface area (Å²) in [4.78, 5) is 22.5. The third kappa shape index (κ3) is 4.11. The van der Waals surface area contributed by atoms with Gasteiger partial charge in [-0.15, -0.1) is 0 Å². The Balaban J connectivity index is 2.84. The molecule has 0 unspecified atom stereocenters. The number of ether oxygens (including phenoxy) is 2. The largest absolute Gasteiger partial charge is 0.507 e. The predicted molar refractivity (Wildman–Crippen MR) is 68.6 cm³/mol. The minimum absolute atomic E-state index is 0.0102. The van der Waals surface area contributed by atoms with Gasteiger partial charge in [0.05, 0.1) is 23.7 Å². The Bertz CT molecular complexity index is 489. The van der Waals surface area contributed by atoms with E-state index in [1.807, 2.05) is 0 Å². The highest BCUT2D eigenvalue weighted by Gasteiger charge is 2.15. The Labute approximate surface area is 115 Å². The zero-order valence-corrected chi connectivity index (χ0v) is 11.1. The number of rotatable bonds is 6. The van der Waals surface area contributed by atoms with E-state index in [0.717, 1.165) is 6.07 Å². The minimum Gasteiger partial charge on any atom is -0.507 e. The van der Waals surface area contributed by atoms with Crippen molar-refractivity contribution in [3.05, 3.63) is 22.7 Å². The molecular formula is C12H14ClNO5. The van der Waals surface area contributed by atoms with Crippen LogP contribution in [0.4, 0.5) is 0 Å². The maximum Gasteiger partial charge on any atom is 0.344 e. The molecule has 0 radical (unpaired) electrons. The second-order valence-corrected chi connectivity index (χ2v) is 3.93. The third-order valence-corrected chi connectivity index (χ3v) is 2.48. The van der Waals surface area contributed by atoms with E-state index in [-0.39, 0.29) is 41.8 Å². The van der Waals surface area contributed by atoms with Crippen molar-refractivity contribution in [1.29, 1.82) is 0 Å². The van der Waals surface area contributed by atoms with Gasteiger partial charge in [0.2, 0.25) is 0 Å². The minimum atomic E-state index is -0.555. The van der Waals surface area contributed by atoms with Gasteiger partial charge in [0.1, 0.15) is 11.5 Å². The van der Waals surface area contributed by atoms with Gasteiger partial charge in [0.15, 0.2) is 12.4 Å². The Morgan fingerprint density at radius 2 is 2.11 bits per heavy atom. The standard InChI is InChI=1S/C12H14ClNO5/c1-2-18-12(17)6-19-11-4-9(15)7(3-8(11)13)10(16)5-14/h3-4,15H,2,5-6,14H2,1H3. The molecule has 0 bridgehead atoms. The number of nitrogens with two attached hydrogens (primary N) is 1. The Morgan fingerprint density at radius 1 is 1.42 bits per heavy atom. The van der Waals surface area contributed by atoms with Crippen molar-refractivity contribution < 1.29 is 24.2 Å². The summed E-state index contributed by atoms with van der Waals surface area (Å²) in [6.07, 6.45) is 0. The molecule has 1 rings (SSSR count). The topological polar surface area (TPSA) is 98.9 Å². The van der Waals surface area contributed by atoms with E-state index in [4.69, 9.17) is 22.1 Å². The Morgan fingerprint density at radius 3 is 2.68 bits per heavy atom. The van der Waals surface area contributed by atoms with Crippen LogP contribution in [-0.2, 0) is 9.53 Å². The molecule has 0 aliphatic rings. The van der Waals surface area contributed by atoms with Crippen LogP contribution < -0.4 is 10.5 Å². The van der Waals surface area contributed by atoms with Crippen molar-refractivity contribution in [3.63, 3.8) is 0 Å². The van der Waals surface area contributed by atoms with Crippen LogP contribution in [0.3, 0.4) is 0 Å². The highest BCUT2D eigenvalue weighted by Crippen LogP contribution is 2.32. The first-order valence-electron chi connectivity index (χ1n) is 5.53. The van der Waals surface area contributed by atoms with Gasteiger partial charge < -0.3 is 20.3 Å². The highest BCUT2D eigenvalue weighted by molar-refractivity contribution is 6.32. The van der Waals surface area contributed by atoms with Gasteiger partial charge >= 0.3 is 5.97 Å². The molecule has 19 heavy (non-hydrogen) atoms. The molecule has 7 heteroatoms. The monoisotopic (exact) mass is 287 g/mol. The summed E-state index contributed by atoms with van der Waals surface area (Å²) in [7, 11) is 0. The second kappa shape index (κ2) is 6.96. The Kier molecular flexibility index (Phi) is 5.59. The predicted octanol–water partition coefficient (Wildman–Crippen LogP) is 1.13. The fourth-order valence-electron chi connectivity index (χ4n) is 1.33. The van der Waals surface area contributed by atoms with Crippen molar-refractivity contribution in [3.8, 4) is 11.5 Å². The fourth-order valence-corrected chi connectivity index (χ4v) is 1.54. The summed E-state index contributed by atoms with van der Waals surface area (Å²) in [5.74, 6) is -1.23. The lowest BCUT2D eigenvalue weighted by Crippen LogP contribution is -2.15. The van der Waals surface area contributed by atoms with Gasteiger partial charge in [-0.05, 0) is 13.0 Å². The number of carbonyl (C=O) groups excluding carboxylic acids is 2. The van der Waals surface area contributed by atoms with Gasteiger partial charge in [-0.1, -0.05) is 11.6 Å². The van der Waals surface area contributed by atoms with Gasteiger partial charge in [-0.2, -0.15) is 0 Å². The molecule has 0 aliphatic carbocycles. The molecule has 0 aromatic heterocycles. The van der Waals surface area contributed by atoms with Crippen molar-refractivity contribution >= 4 is 23.4 Å². The van der Waals surface area contributed by atoms with E-state index >= 15 is 0 Å². The zero-order valence-electron chi connectivity index (χ0n) is 10.3. The highest BCUT2D eigenvalue weighted by atomic mass is 35.5. The summed E-state index contributed by atoms with van der Waals surface area (Å²) in [5.41, 5.74) is 5.21. The number of halogens is 1. The number of hydrogen-bond donors (Lipinski definition) is 2. The molecule has 0 saturated heterocycles. The summed E-state index contributed by atoms with van der Waals surface area (Å²) in [5, 5.41) is 9.75. The Hall–Kier alpha value is -1.79. The van der Waals surface area contributed by atoms with Crippen LogP contribution in [0.25, 0.3) is 0 Å². The van der Waals surface area contributed by atoms with Crippen LogP contribution >= 0.6 is 11.6 Å². The van der Waals surface area contributed by atoms with Crippen molar-refractivity contribution in [2.45, 2.75) is 6.92 Å². The first-order valence-corrected chi connectivity index (χ1v) is 5.91. The van der Waals surface area contributed by atoms with Crippen molar-refractivity contribution in [2.24, 2.45) is 5.73 Å². The normalized spacial score (nSPS) is 10.1. The van der Waals surface area contributed by atoms with Gasteiger partial charge in [-0.25, -0.2) is 4.79 Å². The van der Waals surface area contributed by atoms with Crippen molar-refractivity contribution in [2.75, 3.05) is 19.8 Å². The molecule has 6 nitrogen and oxygen atoms in total. The smallest absolute Gasteiger partial charge is 0.344 e. The number of phenols is 1. The second-order valence-electron chi connectivity index (χ2n) is 3.52. The van der Waals surface area contributed by atoms with Gasteiger partial charge in [0.25, 0.3) is 0 Å². The lowest BCUT2D eigenvalue weighted by molar-refractivity contribution is -0.145. The quantitative estimate of drug-likeness (QED) is 0.601. The van der Waals surface area contributed by atoms with E-state index in [2.05, 4.69) is 4.74 Å². The average molecular weight is 288 g/mol. The maximum atomic E-state index is 11.4. The van der Waals surface area contributed by atoms with E-state index < -0.39 is 11.8 Å². The third-order valence-electron chi connectivity index (χ3n) is 2.19. The molecule has 3 N–H and O–H groups in total. The SMILES string of the molecule is CCOC(=O)COc1cc(O)c(C(=O)CN)cc1Cl. The molecule has 0 spiro atoms.